The molecule has 2 fully saturated rings. The van der Waals surface area contributed by atoms with E-state index in [1.807, 2.05) is 48.5 Å². The summed E-state index contributed by atoms with van der Waals surface area (Å²) in [6.45, 7) is 1.43. The summed E-state index contributed by atoms with van der Waals surface area (Å²) in [4.78, 5) is 44.9. The minimum absolute atomic E-state index is 0. The van der Waals surface area contributed by atoms with Crippen LogP contribution in [0.3, 0.4) is 0 Å². The van der Waals surface area contributed by atoms with Crippen molar-refractivity contribution < 1.29 is 48.3 Å². The van der Waals surface area contributed by atoms with Crippen LogP contribution in [0, 0.1) is 23.7 Å². The largest absolute Gasteiger partial charge is 2.00 e. The van der Waals surface area contributed by atoms with Crippen molar-refractivity contribution in [3.8, 4) is 11.5 Å². The van der Waals surface area contributed by atoms with Gasteiger partial charge in [-0.25, -0.2) is 9.59 Å². The molecule has 2 aliphatic rings. The number of carboxylic acid groups (broad SMARTS) is 2. The first-order valence-corrected chi connectivity index (χ1v) is 15.7. The van der Waals surface area contributed by atoms with Gasteiger partial charge in [0.15, 0.2) is 0 Å². The monoisotopic (exact) mass is 664 g/mol. The van der Waals surface area contributed by atoms with Crippen molar-refractivity contribution >= 4 is 47.2 Å². The SMILES string of the molecule is COc1ccc(COC(=O)NCC2CCC(C(=O)[O-])CC2)cc1.COc1ccc(COC(=O)NC[C@H]2CC[C@H](C(=O)[O-])CC2)cc1.[Mg+2]. The van der Waals surface area contributed by atoms with E-state index < -0.39 is 24.1 Å². The Hall–Kier alpha value is -3.71. The molecule has 2 amide bonds. The maximum absolute atomic E-state index is 11.7. The Bertz CT molecular complexity index is 1150. The number of amides is 2. The third-order valence-corrected chi connectivity index (χ3v) is 8.49. The summed E-state index contributed by atoms with van der Waals surface area (Å²) in [5, 5.41) is 27.0. The molecule has 0 aliphatic heterocycles. The molecule has 4 rings (SSSR count). The molecule has 2 aliphatic carbocycles. The minimum atomic E-state index is -0.963. The van der Waals surface area contributed by atoms with Crippen LogP contribution in [0.5, 0.6) is 11.5 Å². The van der Waals surface area contributed by atoms with Crippen molar-refractivity contribution in [3.05, 3.63) is 59.7 Å². The Labute approximate surface area is 292 Å². The van der Waals surface area contributed by atoms with Crippen molar-refractivity contribution in [3.63, 3.8) is 0 Å². The summed E-state index contributed by atoms with van der Waals surface area (Å²) in [6, 6.07) is 14.6. The number of hydrogen-bond donors (Lipinski definition) is 2. The first kappa shape index (κ1) is 39.5. The van der Waals surface area contributed by atoms with Crippen LogP contribution in [-0.4, -0.2) is 74.5 Å². The first-order valence-electron chi connectivity index (χ1n) is 15.7. The van der Waals surface area contributed by atoms with Crippen LogP contribution in [0.25, 0.3) is 0 Å². The van der Waals surface area contributed by atoms with Gasteiger partial charge < -0.3 is 49.4 Å². The number of rotatable bonds is 12. The fourth-order valence-electron chi connectivity index (χ4n) is 5.50. The normalized spacial score (nSPS) is 20.1. The molecule has 13 heteroatoms. The molecule has 0 atom stereocenters. The van der Waals surface area contributed by atoms with Gasteiger partial charge in [-0.1, -0.05) is 24.3 Å². The maximum atomic E-state index is 11.7. The molecule has 0 unspecified atom stereocenters. The van der Waals surface area contributed by atoms with Crippen LogP contribution >= 0.6 is 0 Å². The van der Waals surface area contributed by atoms with Gasteiger partial charge in [0.2, 0.25) is 0 Å². The number of benzene rings is 2. The predicted octanol–water partition coefficient (Wildman–Crippen LogP) is 2.57. The van der Waals surface area contributed by atoms with Gasteiger partial charge in [0.1, 0.15) is 24.7 Å². The Balaban J connectivity index is 0.000000320. The number of ether oxygens (including phenoxy) is 4. The van der Waals surface area contributed by atoms with Gasteiger partial charge in [-0.3, -0.25) is 0 Å². The number of nitrogens with one attached hydrogen (secondary N) is 2. The molecule has 252 valence electrons. The van der Waals surface area contributed by atoms with E-state index >= 15 is 0 Å². The average molecular weight is 665 g/mol. The predicted molar refractivity (Wildman–Crippen MR) is 169 cm³/mol. The van der Waals surface area contributed by atoms with Crippen LogP contribution in [0.1, 0.15) is 62.5 Å². The molecule has 2 saturated carbocycles. The molecule has 2 aromatic carbocycles. The molecule has 12 nitrogen and oxygen atoms in total. The molecule has 0 bridgehead atoms. The second-order valence-electron chi connectivity index (χ2n) is 11.7. The van der Waals surface area contributed by atoms with Gasteiger partial charge in [0.05, 0.1) is 14.2 Å². The zero-order chi connectivity index (χ0) is 33.3. The van der Waals surface area contributed by atoms with Crippen LogP contribution in [0.2, 0.25) is 0 Å². The number of carbonyl (C=O) groups is 4. The van der Waals surface area contributed by atoms with E-state index in [0.29, 0.717) is 50.6 Å². The van der Waals surface area contributed by atoms with Crippen molar-refractivity contribution in [1.29, 1.82) is 0 Å². The molecule has 2 aromatic rings. The van der Waals surface area contributed by atoms with E-state index in [0.717, 1.165) is 48.3 Å². The van der Waals surface area contributed by atoms with Crippen molar-refractivity contribution in [2.24, 2.45) is 23.7 Å². The second-order valence-corrected chi connectivity index (χ2v) is 11.7. The Kier molecular flexibility index (Phi) is 17.8. The molecule has 47 heavy (non-hydrogen) atoms. The van der Waals surface area contributed by atoms with Gasteiger partial charge in [0.25, 0.3) is 0 Å². The standard InChI is InChI=1S/2C17H23NO5.Mg/c2*1-22-15-8-4-13(5-9-15)11-23-17(21)18-10-12-2-6-14(7-3-12)16(19)20;/h2*4-5,8-9,12,14H,2-3,6-7,10-11H2,1H3,(H,18,21)(H,19,20);/q;;+2/p-2/t12-,14-;;. The third kappa shape index (κ3) is 14.7. The summed E-state index contributed by atoms with van der Waals surface area (Å²) in [6.07, 6.45) is 4.73. The fraction of sp³-hybridized carbons (Fsp3) is 0.529. The van der Waals surface area contributed by atoms with Gasteiger partial charge in [-0.15, -0.1) is 0 Å². The summed E-state index contributed by atoms with van der Waals surface area (Å²) in [5.74, 6) is -0.485. The molecular formula is C34H44MgN2O10. The zero-order valence-corrected chi connectivity index (χ0v) is 28.6. The van der Waals surface area contributed by atoms with E-state index in [-0.39, 0.29) is 48.1 Å². The summed E-state index contributed by atoms with van der Waals surface area (Å²) >= 11 is 0. The number of alkyl carbamates (subject to hydrolysis) is 2. The number of hydrogen-bond acceptors (Lipinski definition) is 10. The smallest absolute Gasteiger partial charge is 0.550 e. The molecule has 0 aromatic heterocycles. The van der Waals surface area contributed by atoms with E-state index in [1.54, 1.807) is 14.2 Å². The van der Waals surface area contributed by atoms with Crippen molar-refractivity contribution in [2.45, 2.75) is 64.6 Å². The zero-order valence-electron chi connectivity index (χ0n) is 27.2. The van der Waals surface area contributed by atoms with Crippen LogP contribution in [0.15, 0.2) is 48.5 Å². The Morgan fingerprint density at radius 2 is 0.915 bits per heavy atom. The van der Waals surface area contributed by atoms with E-state index in [4.69, 9.17) is 18.9 Å². The molecular weight excluding hydrogens is 621 g/mol. The average Bonchev–Trinajstić information content (AvgIpc) is 3.09. The number of aliphatic carboxylic acids is 2. The third-order valence-electron chi connectivity index (χ3n) is 8.49. The molecule has 2 N–H and O–H groups in total. The van der Waals surface area contributed by atoms with Gasteiger partial charge in [-0.05, 0) is 110 Å². The van der Waals surface area contributed by atoms with Gasteiger partial charge >= 0.3 is 35.2 Å². The van der Waals surface area contributed by atoms with E-state index in [2.05, 4.69) is 10.6 Å². The van der Waals surface area contributed by atoms with Crippen molar-refractivity contribution in [1.82, 2.24) is 10.6 Å². The van der Waals surface area contributed by atoms with Crippen molar-refractivity contribution in [2.75, 3.05) is 27.3 Å². The van der Waals surface area contributed by atoms with Crippen LogP contribution in [-0.2, 0) is 32.3 Å². The van der Waals surface area contributed by atoms with Gasteiger partial charge in [-0.2, -0.15) is 0 Å². The van der Waals surface area contributed by atoms with Crippen LogP contribution < -0.4 is 30.3 Å². The Morgan fingerprint density at radius 1 is 0.596 bits per heavy atom. The van der Waals surface area contributed by atoms with E-state index in [9.17, 15) is 29.4 Å². The number of methoxy groups -OCH3 is 2. The van der Waals surface area contributed by atoms with Gasteiger partial charge in [0, 0.05) is 25.0 Å². The first-order chi connectivity index (χ1) is 22.2. The summed E-state index contributed by atoms with van der Waals surface area (Å²) in [5.41, 5.74) is 1.77. The number of carbonyl (C=O) groups excluding carboxylic acids is 4. The topological polar surface area (TPSA) is 175 Å². The maximum Gasteiger partial charge on any atom is 2.00 e. The quantitative estimate of drug-likeness (QED) is 0.321. The number of carboxylic acids is 2. The second kappa shape index (κ2) is 21.2. The molecule has 0 saturated heterocycles. The Morgan fingerprint density at radius 3 is 1.19 bits per heavy atom. The molecule has 0 radical (unpaired) electrons. The molecule has 0 spiro atoms. The summed E-state index contributed by atoms with van der Waals surface area (Å²) < 4.78 is 20.4. The fourth-order valence-corrected chi connectivity index (χ4v) is 5.50. The van der Waals surface area contributed by atoms with E-state index in [1.165, 1.54) is 0 Å². The summed E-state index contributed by atoms with van der Waals surface area (Å²) in [7, 11) is 3.19. The minimum Gasteiger partial charge on any atom is -0.550 e. The molecule has 0 heterocycles. The van der Waals surface area contributed by atoms with Crippen LogP contribution in [0.4, 0.5) is 9.59 Å².